The zero-order chi connectivity index (χ0) is 8.15. The molecule has 0 saturated carbocycles. The first-order valence-electron chi connectivity index (χ1n) is 3.00. The van der Waals surface area contributed by atoms with Gasteiger partial charge in [-0.1, -0.05) is 6.92 Å². The van der Waals surface area contributed by atoms with Crippen molar-refractivity contribution in [3.63, 3.8) is 0 Å². The van der Waals surface area contributed by atoms with Crippen LogP contribution in [0.4, 0.5) is 0 Å². The number of carbonyl (C=O) groups is 2. The standard InChI is InChI=1S/C6H10O4/c1-3-5(7)10-4(2)6(8)9/h4H,3H2,1-2H3,(H,8,9)/t4-/m1/s1. The third-order valence-corrected chi connectivity index (χ3v) is 0.945. The molecule has 4 nitrogen and oxygen atoms in total. The molecule has 1 N–H and O–H groups in total. The summed E-state index contributed by atoms with van der Waals surface area (Å²) in [6.07, 6.45) is -0.829. The van der Waals surface area contributed by atoms with E-state index in [1.165, 1.54) is 6.92 Å². The first-order valence-corrected chi connectivity index (χ1v) is 3.00. The third-order valence-electron chi connectivity index (χ3n) is 0.945. The molecule has 0 aliphatic carbocycles. The van der Waals surface area contributed by atoms with E-state index in [4.69, 9.17) is 5.11 Å². The number of rotatable bonds is 3. The molecule has 0 heterocycles. The molecule has 0 spiro atoms. The van der Waals surface area contributed by atoms with Crippen LogP contribution in [0.5, 0.6) is 0 Å². The van der Waals surface area contributed by atoms with Gasteiger partial charge < -0.3 is 9.84 Å². The summed E-state index contributed by atoms with van der Waals surface area (Å²) in [7, 11) is 0. The molecule has 58 valence electrons. The summed E-state index contributed by atoms with van der Waals surface area (Å²) < 4.78 is 4.42. The second-order valence-electron chi connectivity index (χ2n) is 1.82. The van der Waals surface area contributed by atoms with Crippen LogP contribution < -0.4 is 0 Å². The predicted molar refractivity (Wildman–Crippen MR) is 33.5 cm³/mol. The second-order valence-corrected chi connectivity index (χ2v) is 1.82. The number of hydrogen-bond acceptors (Lipinski definition) is 3. The molecule has 0 aromatic carbocycles. The minimum absolute atomic E-state index is 0.206. The van der Waals surface area contributed by atoms with Crippen LogP contribution >= 0.6 is 0 Å². The maximum atomic E-state index is 10.4. The van der Waals surface area contributed by atoms with Crippen LogP contribution in [0.25, 0.3) is 0 Å². The van der Waals surface area contributed by atoms with Gasteiger partial charge in [-0.2, -0.15) is 0 Å². The van der Waals surface area contributed by atoms with Crippen molar-refractivity contribution >= 4 is 11.9 Å². The summed E-state index contributed by atoms with van der Waals surface area (Å²) in [6.45, 7) is 2.92. The molecule has 4 heteroatoms. The summed E-state index contributed by atoms with van der Waals surface area (Å²) in [4.78, 5) is 20.5. The first kappa shape index (κ1) is 8.94. The summed E-state index contributed by atoms with van der Waals surface area (Å²) in [6, 6.07) is 0. The molecule has 1 atom stereocenters. The van der Waals surface area contributed by atoms with Crippen molar-refractivity contribution in [2.45, 2.75) is 26.4 Å². The van der Waals surface area contributed by atoms with E-state index < -0.39 is 18.0 Å². The predicted octanol–water partition coefficient (Wildman–Crippen LogP) is 0.413. The highest BCUT2D eigenvalue weighted by atomic mass is 16.6. The van der Waals surface area contributed by atoms with Gasteiger partial charge in [-0.3, -0.25) is 4.79 Å². The highest BCUT2D eigenvalue weighted by Crippen LogP contribution is 1.93. The van der Waals surface area contributed by atoms with Gasteiger partial charge in [0.05, 0.1) is 0 Å². The fraction of sp³-hybridized carbons (Fsp3) is 0.667. The van der Waals surface area contributed by atoms with Crippen molar-refractivity contribution in [3.8, 4) is 0 Å². The zero-order valence-electron chi connectivity index (χ0n) is 5.96. The fourth-order valence-electron chi connectivity index (χ4n) is 0.331. The minimum atomic E-state index is -1.12. The lowest BCUT2D eigenvalue weighted by atomic mass is 10.4. The normalized spacial score (nSPS) is 12.2. The van der Waals surface area contributed by atoms with Gasteiger partial charge in [-0.05, 0) is 6.92 Å². The van der Waals surface area contributed by atoms with Crippen molar-refractivity contribution in [1.82, 2.24) is 0 Å². The van der Waals surface area contributed by atoms with E-state index in [1.54, 1.807) is 6.92 Å². The Bertz CT molecular complexity index is 141. The van der Waals surface area contributed by atoms with E-state index in [0.29, 0.717) is 0 Å². The molecule has 0 radical (unpaired) electrons. The quantitative estimate of drug-likeness (QED) is 0.586. The average Bonchev–Trinajstić information content (AvgIpc) is 1.87. The van der Waals surface area contributed by atoms with E-state index >= 15 is 0 Å². The van der Waals surface area contributed by atoms with Gasteiger partial charge in [-0.15, -0.1) is 0 Å². The molecule has 0 rings (SSSR count). The van der Waals surface area contributed by atoms with Gasteiger partial charge in [0.1, 0.15) is 0 Å². The number of ether oxygens (including phenoxy) is 1. The van der Waals surface area contributed by atoms with E-state index in [2.05, 4.69) is 4.74 Å². The van der Waals surface area contributed by atoms with Gasteiger partial charge in [0, 0.05) is 6.42 Å². The van der Waals surface area contributed by atoms with Crippen LogP contribution in [0, 0.1) is 0 Å². The molecule has 0 bridgehead atoms. The zero-order valence-corrected chi connectivity index (χ0v) is 5.96. The van der Waals surface area contributed by atoms with Crippen LogP contribution in [-0.4, -0.2) is 23.1 Å². The monoisotopic (exact) mass is 146 g/mol. The molecular weight excluding hydrogens is 136 g/mol. The Hall–Kier alpha value is -1.06. The van der Waals surface area contributed by atoms with Gasteiger partial charge in [0.2, 0.25) is 0 Å². The van der Waals surface area contributed by atoms with Gasteiger partial charge >= 0.3 is 11.9 Å². The second kappa shape index (κ2) is 3.87. The van der Waals surface area contributed by atoms with E-state index in [1.807, 2.05) is 0 Å². The number of aliphatic carboxylic acids is 1. The van der Waals surface area contributed by atoms with Crippen LogP contribution in [0.3, 0.4) is 0 Å². The Labute approximate surface area is 58.8 Å². The summed E-state index contributed by atoms with van der Waals surface area (Å²) >= 11 is 0. The van der Waals surface area contributed by atoms with Crippen LogP contribution in [0.2, 0.25) is 0 Å². The Morgan fingerprint density at radius 3 is 2.40 bits per heavy atom. The Kier molecular flexibility index (Phi) is 3.46. The molecule has 0 aromatic heterocycles. The highest BCUT2D eigenvalue weighted by Gasteiger charge is 2.14. The summed E-state index contributed by atoms with van der Waals surface area (Å²) in [5.74, 6) is -1.61. The SMILES string of the molecule is CCC(=O)O[C@H](C)C(=O)O. The smallest absolute Gasteiger partial charge is 0.344 e. The lowest BCUT2D eigenvalue weighted by Gasteiger charge is -2.05. The van der Waals surface area contributed by atoms with Crippen LogP contribution in [-0.2, 0) is 14.3 Å². The van der Waals surface area contributed by atoms with Crippen LogP contribution in [0.1, 0.15) is 20.3 Å². The summed E-state index contributed by atoms with van der Waals surface area (Å²) in [5.41, 5.74) is 0. The minimum Gasteiger partial charge on any atom is -0.479 e. The topological polar surface area (TPSA) is 63.6 Å². The lowest BCUT2D eigenvalue weighted by molar-refractivity contribution is -0.162. The molecule has 0 aliphatic rings. The molecular formula is C6H10O4. The average molecular weight is 146 g/mol. The maximum Gasteiger partial charge on any atom is 0.344 e. The maximum absolute atomic E-state index is 10.4. The van der Waals surface area contributed by atoms with Crippen molar-refractivity contribution in [1.29, 1.82) is 0 Å². The highest BCUT2D eigenvalue weighted by molar-refractivity contribution is 5.77. The lowest BCUT2D eigenvalue weighted by Crippen LogP contribution is -2.22. The van der Waals surface area contributed by atoms with Crippen molar-refractivity contribution in [3.05, 3.63) is 0 Å². The Morgan fingerprint density at radius 1 is 1.60 bits per heavy atom. The van der Waals surface area contributed by atoms with E-state index in [9.17, 15) is 9.59 Å². The van der Waals surface area contributed by atoms with Crippen molar-refractivity contribution in [2.75, 3.05) is 0 Å². The van der Waals surface area contributed by atoms with Crippen molar-refractivity contribution < 1.29 is 19.4 Å². The number of hydrogen-bond donors (Lipinski definition) is 1. The fourth-order valence-corrected chi connectivity index (χ4v) is 0.331. The van der Waals surface area contributed by atoms with Gasteiger partial charge in [0.25, 0.3) is 0 Å². The van der Waals surface area contributed by atoms with Crippen molar-refractivity contribution in [2.24, 2.45) is 0 Å². The number of carboxylic acid groups (broad SMARTS) is 1. The number of carboxylic acids is 1. The number of esters is 1. The number of carbonyl (C=O) groups excluding carboxylic acids is 1. The third kappa shape index (κ3) is 3.06. The van der Waals surface area contributed by atoms with Crippen LogP contribution in [0.15, 0.2) is 0 Å². The van der Waals surface area contributed by atoms with Gasteiger partial charge in [0.15, 0.2) is 6.10 Å². The van der Waals surface area contributed by atoms with E-state index in [0.717, 1.165) is 0 Å². The molecule has 0 amide bonds. The molecule has 0 aliphatic heterocycles. The molecule has 0 saturated heterocycles. The first-order chi connectivity index (χ1) is 4.57. The van der Waals surface area contributed by atoms with Gasteiger partial charge in [-0.25, -0.2) is 4.79 Å². The molecule has 10 heavy (non-hydrogen) atoms. The van der Waals surface area contributed by atoms with E-state index in [-0.39, 0.29) is 6.42 Å². The molecule has 0 aromatic rings. The Balaban J connectivity index is 3.68. The Morgan fingerprint density at radius 2 is 2.10 bits per heavy atom. The molecule has 0 unspecified atom stereocenters. The molecule has 0 fully saturated rings. The largest absolute Gasteiger partial charge is 0.479 e. The summed E-state index contributed by atoms with van der Waals surface area (Å²) in [5, 5.41) is 8.25.